The van der Waals surface area contributed by atoms with Crippen molar-refractivity contribution >= 4 is 29.1 Å². The van der Waals surface area contributed by atoms with Crippen molar-refractivity contribution in [3.05, 3.63) is 83.7 Å². The smallest absolute Gasteiger partial charge is 0.271 e. The number of aryl methyl sites for hydroxylation is 2. The van der Waals surface area contributed by atoms with Crippen LogP contribution in [0.25, 0.3) is 22.5 Å². The summed E-state index contributed by atoms with van der Waals surface area (Å²) in [7, 11) is 5.33. The molecule has 1 N–H and O–H groups in total. The Labute approximate surface area is 236 Å². The van der Waals surface area contributed by atoms with Crippen molar-refractivity contribution < 1.29 is 9.53 Å². The van der Waals surface area contributed by atoms with E-state index in [0.29, 0.717) is 42.1 Å². The monoisotopic (exact) mass is 557 g/mol. The van der Waals surface area contributed by atoms with E-state index in [1.165, 1.54) is 0 Å². The van der Waals surface area contributed by atoms with E-state index in [2.05, 4.69) is 25.5 Å². The van der Waals surface area contributed by atoms with Crippen LogP contribution in [0.4, 0.5) is 11.6 Å². The molecule has 0 saturated carbocycles. The molecule has 0 bridgehead atoms. The number of carbonyl (C=O) groups is 1. The maximum absolute atomic E-state index is 14.0. The molecule has 12 heteroatoms. The molecule has 1 aliphatic heterocycles. The first-order valence-corrected chi connectivity index (χ1v) is 13.1. The van der Waals surface area contributed by atoms with Gasteiger partial charge >= 0.3 is 0 Å². The van der Waals surface area contributed by atoms with Crippen molar-refractivity contribution in [1.82, 2.24) is 39.0 Å². The summed E-state index contributed by atoms with van der Waals surface area (Å²) in [5, 5.41) is 12.4. The van der Waals surface area contributed by atoms with E-state index >= 15 is 0 Å². The Morgan fingerprint density at radius 1 is 1.12 bits per heavy atom. The highest BCUT2D eigenvalue weighted by molar-refractivity contribution is 6.33. The lowest BCUT2D eigenvalue weighted by Crippen LogP contribution is -2.49. The fourth-order valence-corrected chi connectivity index (χ4v) is 5.25. The molecule has 6 rings (SSSR count). The van der Waals surface area contributed by atoms with Gasteiger partial charge in [-0.2, -0.15) is 10.2 Å². The average Bonchev–Trinajstić information content (AvgIpc) is 3.68. The zero-order chi connectivity index (χ0) is 27.8. The molecule has 4 aromatic heterocycles. The molecular weight excluding hydrogens is 530 g/mol. The second kappa shape index (κ2) is 10.6. The molecule has 0 fully saturated rings. The maximum Gasteiger partial charge on any atom is 0.271 e. The topological polar surface area (TPSA) is 108 Å². The molecule has 5 heterocycles. The quantitative estimate of drug-likeness (QED) is 0.305. The van der Waals surface area contributed by atoms with Gasteiger partial charge in [0.15, 0.2) is 5.82 Å². The summed E-state index contributed by atoms with van der Waals surface area (Å²) in [5.74, 6) is 1.96. The molecule has 40 heavy (non-hydrogen) atoms. The molecule has 1 aromatic carbocycles. The molecule has 0 saturated heterocycles. The second-order valence-corrected chi connectivity index (χ2v) is 10.1. The normalized spacial score (nSPS) is 14.9. The molecule has 1 aliphatic rings. The number of pyridine rings is 1. The molecule has 0 radical (unpaired) electrons. The highest BCUT2D eigenvalue weighted by Crippen LogP contribution is 2.34. The van der Waals surface area contributed by atoms with Crippen LogP contribution >= 0.6 is 11.6 Å². The predicted octanol–water partition coefficient (Wildman–Crippen LogP) is 4.15. The van der Waals surface area contributed by atoms with E-state index in [4.69, 9.17) is 16.3 Å². The minimum absolute atomic E-state index is 0.0817. The first kappa shape index (κ1) is 25.8. The van der Waals surface area contributed by atoms with Crippen LogP contribution in [0.5, 0.6) is 0 Å². The molecule has 204 valence electrons. The first-order chi connectivity index (χ1) is 19.4. The molecule has 0 aliphatic carbocycles. The first-order valence-electron chi connectivity index (χ1n) is 12.8. The summed E-state index contributed by atoms with van der Waals surface area (Å²) >= 11 is 6.59. The zero-order valence-electron chi connectivity index (χ0n) is 22.3. The van der Waals surface area contributed by atoms with Gasteiger partial charge < -0.3 is 19.5 Å². The lowest BCUT2D eigenvalue weighted by molar-refractivity contribution is 0.0389. The third kappa shape index (κ3) is 4.85. The standard InChI is InChI=1S/C28H28ClN9O2/c1-35-17-31-27(34-35)21-7-5-4-6-18(21)14-38-20(16-40-3)15-37-13-19(10-24(37)28(38)39)22-11-25(30-12-23(22)29)33-26-8-9-32-36(26)2/h4-13,17,20H,14-16H2,1-3H3,(H,30,33)/t20-/m1/s1. The highest BCUT2D eigenvalue weighted by Gasteiger charge is 2.34. The number of hydrogen-bond acceptors (Lipinski definition) is 7. The highest BCUT2D eigenvalue weighted by atomic mass is 35.5. The molecule has 1 amide bonds. The van der Waals surface area contributed by atoms with E-state index in [9.17, 15) is 4.79 Å². The number of amides is 1. The van der Waals surface area contributed by atoms with Crippen molar-refractivity contribution in [2.24, 2.45) is 14.1 Å². The van der Waals surface area contributed by atoms with Gasteiger partial charge in [-0.3, -0.25) is 14.2 Å². The zero-order valence-corrected chi connectivity index (χ0v) is 23.1. The minimum atomic E-state index is -0.162. The summed E-state index contributed by atoms with van der Waals surface area (Å²) in [4.78, 5) is 24.7. The maximum atomic E-state index is 14.0. The van der Waals surface area contributed by atoms with Gasteiger partial charge in [-0.05, 0) is 17.7 Å². The molecule has 11 nitrogen and oxygen atoms in total. The number of ether oxygens (including phenoxy) is 1. The van der Waals surface area contributed by atoms with Crippen LogP contribution in [0.2, 0.25) is 5.02 Å². The molecule has 1 atom stereocenters. The number of anilines is 2. The Morgan fingerprint density at radius 3 is 2.73 bits per heavy atom. The third-order valence-electron chi connectivity index (χ3n) is 7.03. The number of carbonyl (C=O) groups excluding carboxylic acids is 1. The van der Waals surface area contributed by atoms with Gasteiger partial charge in [-0.15, -0.1) is 0 Å². The number of fused-ring (bicyclic) bond motifs is 1. The molecule has 0 unspecified atom stereocenters. The van der Waals surface area contributed by atoms with E-state index in [1.807, 2.05) is 72.2 Å². The Balaban J connectivity index is 1.32. The van der Waals surface area contributed by atoms with Gasteiger partial charge in [0.1, 0.15) is 23.7 Å². The number of hydrogen-bond donors (Lipinski definition) is 1. The fourth-order valence-electron chi connectivity index (χ4n) is 5.04. The van der Waals surface area contributed by atoms with Gasteiger partial charge in [0.25, 0.3) is 5.91 Å². The van der Waals surface area contributed by atoms with Crippen LogP contribution in [0, 0.1) is 0 Å². The van der Waals surface area contributed by atoms with Gasteiger partial charge in [0, 0.05) is 69.4 Å². The lowest BCUT2D eigenvalue weighted by Gasteiger charge is -2.36. The van der Waals surface area contributed by atoms with Gasteiger partial charge in [0.05, 0.1) is 23.9 Å². The Bertz CT molecular complexity index is 1690. The number of methoxy groups -OCH3 is 1. The number of aromatic nitrogens is 7. The third-order valence-corrected chi connectivity index (χ3v) is 7.33. The van der Waals surface area contributed by atoms with Crippen LogP contribution in [0.15, 0.2) is 67.4 Å². The van der Waals surface area contributed by atoms with E-state index in [-0.39, 0.29) is 11.9 Å². The number of nitrogens with zero attached hydrogens (tertiary/aromatic N) is 8. The summed E-state index contributed by atoms with van der Waals surface area (Å²) in [6.07, 6.45) is 6.95. The van der Waals surface area contributed by atoms with E-state index in [1.54, 1.807) is 35.2 Å². The van der Waals surface area contributed by atoms with Crippen molar-refractivity contribution in [1.29, 1.82) is 0 Å². The number of halogens is 1. The SMILES string of the molecule is COC[C@H]1Cn2cc(-c3cc(Nc4ccnn4C)ncc3Cl)cc2C(=O)N1Cc1ccccc1-c1ncn(C)n1. The summed E-state index contributed by atoms with van der Waals surface area (Å²) < 4.78 is 10.9. The van der Waals surface area contributed by atoms with Crippen LogP contribution in [-0.4, -0.2) is 64.7 Å². The Kier molecular flexibility index (Phi) is 6.82. The van der Waals surface area contributed by atoms with Crippen molar-refractivity contribution in [3.63, 3.8) is 0 Å². The van der Waals surface area contributed by atoms with Gasteiger partial charge in [-0.1, -0.05) is 35.9 Å². The molecular formula is C28H28ClN9O2. The van der Waals surface area contributed by atoms with Crippen LogP contribution < -0.4 is 5.32 Å². The summed E-state index contributed by atoms with van der Waals surface area (Å²) in [6.45, 7) is 1.38. The predicted molar refractivity (Wildman–Crippen MR) is 151 cm³/mol. The van der Waals surface area contributed by atoms with Crippen molar-refractivity contribution in [3.8, 4) is 22.5 Å². The Morgan fingerprint density at radius 2 is 1.98 bits per heavy atom. The van der Waals surface area contributed by atoms with Crippen LogP contribution in [-0.2, 0) is 31.9 Å². The largest absolute Gasteiger partial charge is 0.382 e. The molecule has 0 spiro atoms. The number of benzene rings is 1. The lowest BCUT2D eigenvalue weighted by atomic mass is 10.0. The fraction of sp³-hybridized carbons (Fsp3) is 0.250. The van der Waals surface area contributed by atoms with Crippen molar-refractivity contribution in [2.45, 2.75) is 19.1 Å². The van der Waals surface area contributed by atoms with Crippen LogP contribution in [0.3, 0.4) is 0 Å². The van der Waals surface area contributed by atoms with Gasteiger partial charge in [-0.25, -0.2) is 9.97 Å². The van der Waals surface area contributed by atoms with E-state index in [0.717, 1.165) is 28.1 Å². The second-order valence-electron chi connectivity index (χ2n) is 9.72. The minimum Gasteiger partial charge on any atom is -0.382 e. The van der Waals surface area contributed by atoms with Crippen LogP contribution in [0.1, 0.15) is 16.1 Å². The number of nitrogens with one attached hydrogen (secondary N) is 1. The van der Waals surface area contributed by atoms with Crippen molar-refractivity contribution in [2.75, 3.05) is 19.0 Å². The molecule has 5 aromatic rings. The number of rotatable bonds is 8. The summed E-state index contributed by atoms with van der Waals surface area (Å²) in [5.41, 5.74) is 4.05. The van der Waals surface area contributed by atoms with E-state index < -0.39 is 0 Å². The Hall–Kier alpha value is -4.48. The van der Waals surface area contributed by atoms with Gasteiger partial charge in [0.2, 0.25) is 0 Å². The summed E-state index contributed by atoms with van der Waals surface area (Å²) in [6, 6.07) is 13.4. The average molecular weight is 558 g/mol.